The number of ether oxygens (including phenoxy) is 1. The Morgan fingerprint density at radius 2 is 2.10 bits per heavy atom. The molecule has 116 valence electrons. The number of hydrogen-bond acceptors (Lipinski definition) is 3. The summed E-state index contributed by atoms with van der Waals surface area (Å²) in [5.41, 5.74) is -0.855. The van der Waals surface area contributed by atoms with Crippen LogP contribution in [0.25, 0.3) is 0 Å². The zero-order chi connectivity index (χ0) is 16.0. The number of halogens is 1. The van der Waals surface area contributed by atoms with Crippen LogP contribution in [-0.2, 0) is 4.79 Å². The van der Waals surface area contributed by atoms with Crippen molar-refractivity contribution in [3.8, 4) is 5.75 Å². The maximum atomic E-state index is 12.0. The maximum Gasteiger partial charge on any atom is 0.329 e. The summed E-state index contributed by atoms with van der Waals surface area (Å²) < 4.78 is 5.92. The van der Waals surface area contributed by atoms with Crippen molar-refractivity contribution < 1.29 is 19.4 Å². The fraction of sp³-hybridized carbons (Fsp3) is 0.429. The van der Waals surface area contributed by atoms with Gasteiger partial charge in [-0.2, -0.15) is 0 Å². The average Bonchev–Trinajstić information content (AvgIpc) is 2.38. The van der Waals surface area contributed by atoms with Crippen molar-refractivity contribution in [2.24, 2.45) is 0 Å². The molecular weight excluding hydrogens is 340 g/mol. The van der Waals surface area contributed by atoms with Gasteiger partial charge < -0.3 is 20.5 Å². The first kappa shape index (κ1) is 17.3. The van der Waals surface area contributed by atoms with Gasteiger partial charge in [-0.25, -0.2) is 9.59 Å². The van der Waals surface area contributed by atoms with Gasteiger partial charge in [-0.15, -0.1) is 0 Å². The van der Waals surface area contributed by atoms with Gasteiger partial charge in [0.1, 0.15) is 11.3 Å². The third-order valence-electron chi connectivity index (χ3n) is 3.02. The second-order valence-electron chi connectivity index (χ2n) is 4.81. The number of carboxylic acid groups (broad SMARTS) is 1. The zero-order valence-corrected chi connectivity index (χ0v) is 13.8. The molecule has 1 unspecified atom stereocenters. The molecule has 0 aliphatic rings. The van der Waals surface area contributed by atoms with Crippen molar-refractivity contribution in [3.05, 3.63) is 22.7 Å². The minimum Gasteiger partial charge on any atom is -0.495 e. The largest absolute Gasteiger partial charge is 0.495 e. The van der Waals surface area contributed by atoms with E-state index in [0.717, 1.165) is 4.47 Å². The highest BCUT2D eigenvalue weighted by molar-refractivity contribution is 9.10. The number of carbonyl (C=O) groups is 2. The summed E-state index contributed by atoms with van der Waals surface area (Å²) in [4.78, 5) is 23.3. The van der Waals surface area contributed by atoms with E-state index in [9.17, 15) is 14.7 Å². The molecule has 0 aromatic heterocycles. The minimum absolute atomic E-state index is 0.339. The fourth-order valence-electron chi connectivity index (χ4n) is 1.90. The Bertz CT molecular complexity index is 536. The molecule has 0 spiro atoms. The summed E-state index contributed by atoms with van der Waals surface area (Å²) >= 11 is 3.30. The van der Waals surface area contributed by atoms with Crippen LogP contribution in [0.4, 0.5) is 10.5 Å². The molecule has 1 atom stereocenters. The number of benzene rings is 1. The number of nitrogens with one attached hydrogen (secondary N) is 2. The summed E-state index contributed by atoms with van der Waals surface area (Å²) in [5, 5.41) is 14.3. The molecule has 6 nitrogen and oxygen atoms in total. The lowest BCUT2D eigenvalue weighted by Crippen LogP contribution is -2.53. The van der Waals surface area contributed by atoms with Crippen LogP contribution in [0.15, 0.2) is 22.7 Å². The van der Waals surface area contributed by atoms with E-state index in [1.54, 1.807) is 18.2 Å². The van der Waals surface area contributed by atoms with Crippen LogP contribution in [0.3, 0.4) is 0 Å². The Morgan fingerprint density at radius 1 is 1.43 bits per heavy atom. The molecule has 0 aliphatic carbocycles. The standard InChI is InChI=1S/C14H19BrN2O4/c1-4-7-14(2,12(18)19)17-13(20)16-10-8-9(15)5-6-11(10)21-3/h5-6,8H,4,7H2,1-3H3,(H,18,19)(H2,16,17,20). The first-order chi connectivity index (χ1) is 9.82. The molecule has 2 amide bonds. The number of aliphatic carboxylic acids is 1. The quantitative estimate of drug-likeness (QED) is 0.728. The molecule has 7 heteroatoms. The van der Waals surface area contributed by atoms with Crippen LogP contribution in [0, 0.1) is 0 Å². The summed E-state index contributed by atoms with van der Waals surface area (Å²) in [6.07, 6.45) is 0.981. The maximum absolute atomic E-state index is 12.0. The Kier molecular flexibility index (Phi) is 6.02. The monoisotopic (exact) mass is 358 g/mol. The summed E-state index contributed by atoms with van der Waals surface area (Å²) in [6.45, 7) is 3.34. The van der Waals surface area contributed by atoms with Gasteiger partial charge in [0, 0.05) is 4.47 Å². The van der Waals surface area contributed by atoms with Gasteiger partial charge in [-0.1, -0.05) is 29.3 Å². The van der Waals surface area contributed by atoms with E-state index >= 15 is 0 Å². The summed E-state index contributed by atoms with van der Waals surface area (Å²) in [7, 11) is 1.49. The number of carbonyl (C=O) groups excluding carboxylic acids is 1. The molecule has 3 N–H and O–H groups in total. The van der Waals surface area contributed by atoms with E-state index in [1.165, 1.54) is 14.0 Å². The van der Waals surface area contributed by atoms with Gasteiger partial charge in [-0.3, -0.25) is 0 Å². The van der Waals surface area contributed by atoms with Crippen LogP contribution in [-0.4, -0.2) is 29.8 Å². The molecule has 0 heterocycles. The smallest absolute Gasteiger partial charge is 0.329 e. The van der Waals surface area contributed by atoms with Crippen molar-refractivity contribution in [2.45, 2.75) is 32.2 Å². The molecular formula is C14H19BrN2O4. The van der Waals surface area contributed by atoms with E-state index in [0.29, 0.717) is 24.3 Å². The van der Waals surface area contributed by atoms with Crippen LogP contribution in [0.2, 0.25) is 0 Å². The molecule has 1 rings (SSSR count). The van der Waals surface area contributed by atoms with Crippen molar-refractivity contribution in [3.63, 3.8) is 0 Å². The van der Waals surface area contributed by atoms with Gasteiger partial charge in [0.05, 0.1) is 12.8 Å². The molecule has 1 aromatic carbocycles. The third-order valence-corrected chi connectivity index (χ3v) is 3.51. The van der Waals surface area contributed by atoms with E-state index in [4.69, 9.17) is 4.74 Å². The van der Waals surface area contributed by atoms with E-state index < -0.39 is 17.5 Å². The fourth-order valence-corrected chi connectivity index (χ4v) is 2.27. The average molecular weight is 359 g/mol. The van der Waals surface area contributed by atoms with Gasteiger partial charge in [0.15, 0.2) is 0 Å². The predicted molar refractivity (Wildman–Crippen MR) is 83.8 cm³/mol. The number of hydrogen-bond donors (Lipinski definition) is 3. The second-order valence-corrected chi connectivity index (χ2v) is 5.73. The van der Waals surface area contributed by atoms with E-state index in [-0.39, 0.29) is 0 Å². The van der Waals surface area contributed by atoms with Crippen LogP contribution in [0.1, 0.15) is 26.7 Å². The van der Waals surface area contributed by atoms with E-state index in [1.807, 2.05) is 6.92 Å². The molecule has 21 heavy (non-hydrogen) atoms. The van der Waals surface area contributed by atoms with Crippen molar-refractivity contribution in [1.82, 2.24) is 5.32 Å². The van der Waals surface area contributed by atoms with E-state index in [2.05, 4.69) is 26.6 Å². The molecule has 0 saturated heterocycles. The lowest BCUT2D eigenvalue weighted by Gasteiger charge is -2.26. The first-order valence-electron chi connectivity index (χ1n) is 6.48. The Morgan fingerprint density at radius 3 is 2.62 bits per heavy atom. The Labute approximate surface area is 132 Å². The SMILES string of the molecule is CCCC(C)(NC(=O)Nc1cc(Br)ccc1OC)C(=O)O. The van der Waals surface area contributed by atoms with Crippen molar-refractivity contribution in [2.75, 3.05) is 12.4 Å². The number of anilines is 1. The van der Waals surface area contributed by atoms with Gasteiger partial charge in [0.25, 0.3) is 0 Å². The molecule has 0 aliphatic heterocycles. The number of rotatable bonds is 6. The minimum atomic E-state index is -1.31. The molecule has 0 saturated carbocycles. The Hall–Kier alpha value is -1.76. The van der Waals surface area contributed by atoms with Gasteiger partial charge in [-0.05, 0) is 31.5 Å². The molecule has 0 bridgehead atoms. The highest BCUT2D eigenvalue weighted by atomic mass is 79.9. The van der Waals surface area contributed by atoms with Gasteiger partial charge >= 0.3 is 12.0 Å². The van der Waals surface area contributed by atoms with Crippen molar-refractivity contribution >= 4 is 33.6 Å². The first-order valence-corrected chi connectivity index (χ1v) is 7.27. The lowest BCUT2D eigenvalue weighted by molar-refractivity contribution is -0.143. The second kappa shape index (κ2) is 7.31. The third kappa shape index (κ3) is 4.63. The lowest BCUT2D eigenvalue weighted by atomic mass is 9.97. The highest BCUT2D eigenvalue weighted by Crippen LogP contribution is 2.28. The topological polar surface area (TPSA) is 87.7 Å². The number of urea groups is 1. The normalized spacial score (nSPS) is 13.1. The van der Waals surface area contributed by atoms with Crippen LogP contribution in [0.5, 0.6) is 5.75 Å². The number of methoxy groups -OCH3 is 1. The number of carboxylic acids is 1. The Balaban J connectivity index is 2.86. The number of amides is 2. The van der Waals surface area contributed by atoms with Crippen molar-refractivity contribution in [1.29, 1.82) is 0 Å². The zero-order valence-electron chi connectivity index (χ0n) is 12.2. The predicted octanol–water partition coefficient (Wildman–Crippen LogP) is 3.22. The summed E-state index contributed by atoms with van der Waals surface area (Å²) in [5.74, 6) is -0.582. The molecule has 1 aromatic rings. The van der Waals surface area contributed by atoms with Crippen LogP contribution >= 0.6 is 15.9 Å². The molecule has 0 radical (unpaired) electrons. The van der Waals surface area contributed by atoms with Crippen LogP contribution < -0.4 is 15.4 Å². The highest BCUT2D eigenvalue weighted by Gasteiger charge is 2.33. The summed E-state index contributed by atoms with van der Waals surface area (Å²) in [6, 6.07) is 4.56. The van der Waals surface area contributed by atoms with Gasteiger partial charge in [0.2, 0.25) is 0 Å². The molecule has 0 fully saturated rings.